The van der Waals surface area contributed by atoms with E-state index in [-0.39, 0.29) is 25.4 Å². The molecule has 1 rings (SSSR count). The molecule has 1 aromatic carbocycles. The molecule has 1 unspecified atom stereocenters. The first-order chi connectivity index (χ1) is 9.08. The number of aliphatic hydroxyl groups is 1. The molecule has 0 saturated carbocycles. The summed E-state index contributed by atoms with van der Waals surface area (Å²) in [5, 5.41) is 10.5. The van der Waals surface area contributed by atoms with Crippen LogP contribution in [0.25, 0.3) is 0 Å². The summed E-state index contributed by atoms with van der Waals surface area (Å²) in [5.41, 5.74) is 0.624. The van der Waals surface area contributed by atoms with Crippen LogP contribution >= 0.6 is 11.6 Å². The minimum atomic E-state index is -0.900. The van der Waals surface area contributed by atoms with Crippen molar-refractivity contribution in [3.05, 3.63) is 34.9 Å². The topological polar surface area (TPSA) is 40.5 Å². The average Bonchev–Trinajstić information content (AvgIpc) is 2.39. The lowest BCUT2D eigenvalue weighted by Crippen LogP contribution is -2.32. The van der Waals surface area contributed by atoms with Crippen molar-refractivity contribution >= 4 is 17.5 Å². The van der Waals surface area contributed by atoms with Crippen molar-refractivity contribution in [3.8, 4) is 24.7 Å². The van der Waals surface area contributed by atoms with Gasteiger partial charge in [0.25, 0.3) is 0 Å². The number of terminal acetylenes is 2. The first-order valence-corrected chi connectivity index (χ1v) is 6.04. The molecule has 0 heterocycles. The maximum absolute atomic E-state index is 11.9. The fourth-order valence-electron chi connectivity index (χ4n) is 1.55. The molecule has 0 aliphatic rings. The molecule has 19 heavy (non-hydrogen) atoms. The molecule has 0 aromatic heterocycles. The summed E-state index contributed by atoms with van der Waals surface area (Å²) in [5.74, 6) is 4.45. The van der Waals surface area contributed by atoms with Crippen LogP contribution in [0.3, 0.4) is 0 Å². The molecule has 1 atom stereocenters. The van der Waals surface area contributed by atoms with E-state index < -0.39 is 6.10 Å². The average molecular weight is 276 g/mol. The van der Waals surface area contributed by atoms with E-state index in [1.54, 1.807) is 24.3 Å². The number of hydrogen-bond donors (Lipinski definition) is 1. The Balaban J connectivity index is 2.67. The number of halogens is 1. The number of rotatable bonds is 5. The first kappa shape index (κ1) is 15.1. The van der Waals surface area contributed by atoms with Gasteiger partial charge in [-0.05, 0) is 17.7 Å². The lowest BCUT2D eigenvalue weighted by molar-refractivity contribution is -0.132. The van der Waals surface area contributed by atoms with Crippen molar-refractivity contribution in [2.75, 3.05) is 13.1 Å². The number of carbonyl (C=O) groups is 1. The Labute approximate surface area is 118 Å². The molecule has 0 saturated heterocycles. The van der Waals surface area contributed by atoms with Crippen LogP contribution < -0.4 is 0 Å². The maximum atomic E-state index is 11.9. The molecule has 0 spiro atoms. The standard InChI is InChI=1S/C15H14ClNO2/c1-3-9-17(10-4-2)15(19)11-14(18)12-5-7-13(16)8-6-12/h1-2,5-8,14,18H,9-11H2. The molecular weight excluding hydrogens is 262 g/mol. The third-order valence-corrected chi connectivity index (χ3v) is 2.79. The van der Waals surface area contributed by atoms with Gasteiger partial charge in [-0.15, -0.1) is 12.8 Å². The molecular formula is C15H14ClNO2. The summed E-state index contributed by atoms with van der Waals surface area (Å²) < 4.78 is 0. The fraction of sp³-hybridized carbons (Fsp3) is 0.267. The molecule has 0 bridgehead atoms. The van der Waals surface area contributed by atoms with Crippen molar-refractivity contribution in [2.45, 2.75) is 12.5 Å². The highest BCUT2D eigenvalue weighted by Gasteiger charge is 2.17. The van der Waals surface area contributed by atoms with Crippen LogP contribution in [0.1, 0.15) is 18.1 Å². The van der Waals surface area contributed by atoms with E-state index in [0.29, 0.717) is 10.6 Å². The van der Waals surface area contributed by atoms with Crippen molar-refractivity contribution in [3.63, 3.8) is 0 Å². The smallest absolute Gasteiger partial charge is 0.227 e. The van der Waals surface area contributed by atoms with Crippen LogP contribution in [0, 0.1) is 24.7 Å². The van der Waals surface area contributed by atoms with Crippen LogP contribution in [-0.4, -0.2) is 29.0 Å². The molecule has 0 aliphatic heterocycles. The van der Waals surface area contributed by atoms with Crippen molar-refractivity contribution < 1.29 is 9.90 Å². The summed E-state index contributed by atoms with van der Waals surface area (Å²) >= 11 is 5.75. The van der Waals surface area contributed by atoms with E-state index >= 15 is 0 Å². The summed E-state index contributed by atoms with van der Waals surface area (Å²) in [6.07, 6.45) is 9.37. The maximum Gasteiger partial charge on any atom is 0.227 e. The highest BCUT2D eigenvalue weighted by atomic mass is 35.5. The Morgan fingerprint density at radius 3 is 2.26 bits per heavy atom. The van der Waals surface area contributed by atoms with Crippen molar-refractivity contribution in [1.29, 1.82) is 0 Å². The Morgan fingerprint density at radius 2 is 1.79 bits per heavy atom. The van der Waals surface area contributed by atoms with E-state index in [2.05, 4.69) is 11.8 Å². The Morgan fingerprint density at radius 1 is 1.26 bits per heavy atom. The minimum absolute atomic E-state index is 0.0645. The SMILES string of the molecule is C#CCN(CC#C)C(=O)CC(O)c1ccc(Cl)cc1. The van der Waals surface area contributed by atoms with Gasteiger partial charge in [0.1, 0.15) is 0 Å². The number of aliphatic hydroxyl groups excluding tert-OH is 1. The van der Waals surface area contributed by atoms with Gasteiger partial charge < -0.3 is 10.0 Å². The lowest BCUT2D eigenvalue weighted by atomic mass is 10.1. The molecule has 4 heteroatoms. The number of nitrogens with zero attached hydrogens (tertiary/aromatic N) is 1. The zero-order chi connectivity index (χ0) is 14.3. The lowest BCUT2D eigenvalue weighted by Gasteiger charge is -2.19. The van der Waals surface area contributed by atoms with Crippen LogP contribution in [0.15, 0.2) is 24.3 Å². The minimum Gasteiger partial charge on any atom is -0.388 e. The van der Waals surface area contributed by atoms with Crippen molar-refractivity contribution in [1.82, 2.24) is 4.90 Å². The molecule has 1 N–H and O–H groups in total. The molecule has 1 amide bonds. The number of carbonyl (C=O) groups excluding carboxylic acids is 1. The van der Waals surface area contributed by atoms with Crippen molar-refractivity contribution in [2.24, 2.45) is 0 Å². The molecule has 1 aromatic rings. The third kappa shape index (κ3) is 4.67. The van der Waals surface area contributed by atoms with Crippen LogP contribution in [0.5, 0.6) is 0 Å². The normalized spacial score (nSPS) is 11.2. The second-order valence-electron chi connectivity index (χ2n) is 3.93. The highest BCUT2D eigenvalue weighted by molar-refractivity contribution is 6.30. The molecule has 0 radical (unpaired) electrons. The Bertz CT molecular complexity index is 494. The van der Waals surface area contributed by atoms with Gasteiger partial charge in [-0.25, -0.2) is 0 Å². The quantitative estimate of drug-likeness (QED) is 0.834. The van der Waals surface area contributed by atoms with E-state index in [0.717, 1.165) is 0 Å². The summed E-state index contributed by atoms with van der Waals surface area (Å²) in [6, 6.07) is 6.66. The largest absolute Gasteiger partial charge is 0.388 e. The predicted octanol–water partition coefficient (Wildman–Crippen LogP) is 1.86. The first-order valence-electron chi connectivity index (χ1n) is 5.66. The van der Waals surface area contributed by atoms with E-state index in [4.69, 9.17) is 24.4 Å². The van der Waals surface area contributed by atoms with Gasteiger partial charge >= 0.3 is 0 Å². The van der Waals surface area contributed by atoms with Crippen LogP contribution in [-0.2, 0) is 4.79 Å². The molecule has 0 aliphatic carbocycles. The second kappa shape index (κ2) is 7.48. The monoisotopic (exact) mass is 275 g/mol. The van der Waals surface area contributed by atoms with E-state index in [9.17, 15) is 9.90 Å². The van der Waals surface area contributed by atoms with Gasteiger partial charge in [-0.1, -0.05) is 35.6 Å². The van der Waals surface area contributed by atoms with E-state index in [1.165, 1.54) is 4.90 Å². The van der Waals surface area contributed by atoms with Crippen LogP contribution in [0.2, 0.25) is 5.02 Å². The van der Waals surface area contributed by atoms with Gasteiger partial charge in [0.2, 0.25) is 5.91 Å². The third-order valence-electron chi connectivity index (χ3n) is 2.54. The number of hydrogen-bond acceptors (Lipinski definition) is 2. The van der Waals surface area contributed by atoms with Gasteiger partial charge in [-0.2, -0.15) is 0 Å². The van der Waals surface area contributed by atoms with Gasteiger partial charge in [0, 0.05) is 5.02 Å². The molecule has 98 valence electrons. The predicted molar refractivity (Wildman–Crippen MR) is 75.3 cm³/mol. The van der Waals surface area contributed by atoms with E-state index in [1.807, 2.05) is 0 Å². The Kier molecular flexibility index (Phi) is 5.96. The number of amides is 1. The summed E-state index contributed by atoms with van der Waals surface area (Å²) in [6.45, 7) is 0.271. The van der Waals surface area contributed by atoms with Gasteiger partial charge in [0.05, 0.1) is 25.6 Å². The zero-order valence-corrected chi connectivity index (χ0v) is 11.1. The zero-order valence-electron chi connectivity index (χ0n) is 10.3. The molecule has 3 nitrogen and oxygen atoms in total. The summed E-state index contributed by atoms with van der Waals surface area (Å²) in [4.78, 5) is 13.3. The second-order valence-corrected chi connectivity index (χ2v) is 4.37. The Hall–Kier alpha value is -1.94. The summed E-state index contributed by atoms with van der Waals surface area (Å²) in [7, 11) is 0. The number of benzene rings is 1. The van der Waals surface area contributed by atoms with Gasteiger partial charge in [-0.3, -0.25) is 4.79 Å². The fourth-order valence-corrected chi connectivity index (χ4v) is 1.68. The highest BCUT2D eigenvalue weighted by Crippen LogP contribution is 2.19. The van der Waals surface area contributed by atoms with Gasteiger partial charge in [0.15, 0.2) is 0 Å². The van der Waals surface area contributed by atoms with Crippen LogP contribution in [0.4, 0.5) is 0 Å². The molecule has 0 fully saturated rings.